The molecule has 11 heteroatoms. The molecule has 0 unspecified atom stereocenters. The number of carbonyl (C=O) groups excluding carboxylic acids is 1. The molecule has 1 amide bonds. The molecule has 2 heterocycles. The molecule has 3 rings (SSSR count). The summed E-state index contributed by atoms with van der Waals surface area (Å²) in [7, 11) is 0. The quantitative estimate of drug-likeness (QED) is 0.620. The zero-order valence-electron chi connectivity index (χ0n) is 15.5. The number of nitrogens with one attached hydrogen (secondary N) is 1. The van der Waals surface area contributed by atoms with Gasteiger partial charge in [-0.3, -0.25) is 9.59 Å². The molecule has 0 saturated carbocycles. The maximum absolute atomic E-state index is 12.7. The Hall–Kier alpha value is -2.40. The van der Waals surface area contributed by atoms with Gasteiger partial charge in [-0.05, 0) is 18.2 Å². The number of halogens is 3. The van der Waals surface area contributed by atoms with Gasteiger partial charge in [0.25, 0.3) is 5.56 Å². The minimum atomic E-state index is -4.47. The van der Waals surface area contributed by atoms with Crippen LogP contribution in [-0.4, -0.2) is 26.3 Å². The van der Waals surface area contributed by atoms with E-state index in [4.69, 9.17) is 0 Å². The summed E-state index contributed by atoms with van der Waals surface area (Å²) in [5.41, 5.74) is -0.520. The third-order valence-electron chi connectivity index (χ3n) is 3.76. The van der Waals surface area contributed by atoms with Gasteiger partial charge < -0.3 is 5.32 Å². The number of rotatable bonds is 6. The Balaban J connectivity index is 1.60. The van der Waals surface area contributed by atoms with Gasteiger partial charge in [-0.2, -0.15) is 22.8 Å². The van der Waals surface area contributed by atoms with Crippen LogP contribution in [0.15, 0.2) is 35.1 Å². The molecule has 2 aromatic heterocycles. The fourth-order valence-corrected chi connectivity index (χ4v) is 4.04. The second kappa shape index (κ2) is 8.54. The van der Waals surface area contributed by atoms with E-state index in [1.165, 1.54) is 45.8 Å². The first-order valence-electron chi connectivity index (χ1n) is 8.58. The number of carbonyl (C=O) groups is 1. The van der Waals surface area contributed by atoms with Crippen LogP contribution in [0.1, 0.15) is 36.0 Å². The Bertz CT molecular complexity index is 1090. The summed E-state index contributed by atoms with van der Waals surface area (Å²) >= 11 is 2.55. The predicted octanol–water partition coefficient (Wildman–Crippen LogP) is 4.17. The van der Waals surface area contributed by atoms with E-state index in [9.17, 15) is 22.8 Å². The first-order valence-corrected chi connectivity index (χ1v) is 10.5. The van der Waals surface area contributed by atoms with Crippen LogP contribution in [0, 0.1) is 0 Å². The molecule has 0 fully saturated rings. The molecule has 0 spiro atoms. The third-order valence-corrected chi connectivity index (χ3v) is 5.94. The maximum Gasteiger partial charge on any atom is 0.416 e. The van der Waals surface area contributed by atoms with E-state index in [1.807, 2.05) is 13.8 Å². The Morgan fingerprint density at radius 1 is 1.31 bits per heavy atom. The number of anilines is 1. The van der Waals surface area contributed by atoms with E-state index in [-0.39, 0.29) is 22.9 Å². The van der Waals surface area contributed by atoms with E-state index in [1.54, 1.807) is 0 Å². The highest BCUT2D eigenvalue weighted by molar-refractivity contribution is 7.99. The molecule has 0 aliphatic heterocycles. The Kier molecular flexibility index (Phi) is 6.27. The topological polar surface area (TPSA) is 76.4 Å². The lowest BCUT2D eigenvalue weighted by molar-refractivity contribution is -0.137. The largest absolute Gasteiger partial charge is 0.416 e. The molecule has 3 aromatic rings. The van der Waals surface area contributed by atoms with Gasteiger partial charge in [-0.1, -0.05) is 31.3 Å². The molecule has 154 valence electrons. The third kappa shape index (κ3) is 5.36. The first kappa shape index (κ1) is 21.3. The summed E-state index contributed by atoms with van der Waals surface area (Å²) in [5.74, 6) is 0.0685. The van der Waals surface area contributed by atoms with Crippen LogP contribution < -0.4 is 10.9 Å². The minimum Gasteiger partial charge on any atom is -0.325 e. The lowest BCUT2D eigenvalue weighted by atomic mass is 10.2. The normalized spacial score (nSPS) is 11.9. The SMILES string of the molecule is CC(C)c1nn2c(=O)cc(CSCC(=O)Nc3cccc(C(F)(F)F)c3)nc2s1. The summed E-state index contributed by atoms with van der Waals surface area (Å²) < 4.78 is 39.4. The van der Waals surface area contributed by atoms with Gasteiger partial charge in [0.2, 0.25) is 10.9 Å². The molecular weight excluding hydrogens is 425 g/mol. The number of hydrogen-bond acceptors (Lipinski definition) is 6. The number of thioether (sulfide) groups is 1. The van der Waals surface area contributed by atoms with E-state index < -0.39 is 17.6 Å². The molecule has 1 aromatic carbocycles. The number of fused-ring (bicyclic) bond motifs is 1. The van der Waals surface area contributed by atoms with Crippen molar-refractivity contribution in [2.45, 2.75) is 31.7 Å². The van der Waals surface area contributed by atoms with Gasteiger partial charge in [0.1, 0.15) is 5.01 Å². The smallest absolute Gasteiger partial charge is 0.325 e. The lowest BCUT2D eigenvalue weighted by Gasteiger charge is -2.09. The summed E-state index contributed by atoms with van der Waals surface area (Å²) in [6, 6.07) is 5.82. The van der Waals surface area contributed by atoms with Crippen LogP contribution in [-0.2, 0) is 16.7 Å². The molecule has 0 bridgehead atoms. The summed E-state index contributed by atoms with van der Waals surface area (Å²) in [6.07, 6.45) is -4.47. The van der Waals surface area contributed by atoms with Gasteiger partial charge in [-0.25, -0.2) is 4.98 Å². The van der Waals surface area contributed by atoms with Gasteiger partial charge in [-0.15, -0.1) is 11.8 Å². The van der Waals surface area contributed by atoms with Crippen molar-refractivity contribution in [1.82, 2.24) is 14.6 Å². The Morgan fingerprint density at radius 3 is 2.76 bits per heavy atom. The second-order valence-electron chi connectivity index (χ2n) is 6.49. The molecule has 0 atom stereocenters. The fourth-order valence-electron chi connectivity index (χ4n) is 2.40. The highest BCUT2D eigenvalue weighted by Gasteiger charge is 2.30. The Labute approximate surface area is 172 Å². The zero-order valence-corrected chi connectivity index (χ0v) is 17.1. The van der Waals surface area contributed by atoms with Crippen molar-refractivity contribution in [3.63, 3.8) is 0 Å². The first-order chi connectivity index (χ1) is 13.6. The summed E-state index contributed by atoms with van der Waals surface area (Å²) in [4.78, 5) is 29.1. The van der Waals surface area contributed by atoms with Crippen molar-refractivity contribution in [1.29, 1.82) is 0 Å². The Morgan fingerprint density at radius 2 is 2.07 bits per heavy atom. The van der Waals surface area contributed by atoms with E-state index in [2.05, 4.69) is 15.4 Å². The number of aromatic nitrogens is 3. The second-order valence-corrected chi connectivity index (χ2v) is 8.47. The molecule has 1 N–H and O–H groups in total. The molecule has 0 aliphatic rings. The standard InChI is InChI=1S/C18H17F3N4O2S2/c1-10(2)16-24-25-15(27)7-13(23-17(25)29-16)8-28-9-14(26)22-12-5-3-4-11(6-12)18(19,20)21/h3-7,10H,8-9H2,1-2H3,(H,22,26). The van der Waals surface area contributed by atoms with Gasteiger partial charge in [0.15, 0.2) is 0 Å². The molecule has 0 radical (unpaired) electrons. The number of hydrogen-bond donors (Lipinski definition) is 1. The molecule has 6 nitrogen and oxygen atoms in total. The summed E-state index contributed by atoms with van der Waals surface area (Å²) in [6.45, 7) is 3.95. The van der Waals surface area contributed by atoms with Gasteiger partial charge in [0, 0.05) is 23.4 Å². The average molecular weight is 442 g/mol. The van der Waals surface area contributed by atoms with E-state index >= 15 is 0 Å². The van der Waals surface area contributed by atoms with Crippen molar-refractivity contribution >= 4 is 39.7 Å². The molecular formula is C18H17F3N4O2S2. The van der Waals surface area contributed by atoms with Crippen LogP contribution in [0.25, 0.3) is 4.96 Å². The average Bonchev–Trinajstić information content (AvgIpc) is 3.06. The number of alkyl halides is 3. The number of amides is 1. The molecule has 29 heavy (non-hydrogen) atoms. The molecule has 0 saturated heterocycles. The highest BCUT2D eigenvalue weighted by atomic mass is 32.2. The van der Waals surface area contributed by atoms with Crippen molar-refractivity contribution in [3.05, 3.63) is 57.0 Å². The van der Waals surface area contributed by atoms with Crippen molar-refractivity contribution in [2.75, 3.05) is 11.1 Å². The van der Waals surface area contributed by atoms with Gasteiger partial charge in [0.05, 0.1) is 17.0 Å². The number of benzene rings is 1. The van der Waals surface area contributed by atoms with Crippen molar-refractivity contribution in [3.8, 4) is 0 Å². The lowest BCUT2D eigenvalue weighted by Crippen LogP contribution is -2.17. The van der Waals surface area contributed by atoms with Crippen molar-refractivity contribution in [2.24, 2.45) is 0 Å². The van der Waals surface area contributed by atoms with Gasteiger partial charge >= 0.3 is 6.18 Å². The summed E-state index contributed by atoms with van der Waals surface area (Å²) in [5, 5.41) is 7.49. The molecule has 0 aliphatic carbocycles. The van der Waals surface area contributed by atoms with E-state index in [0.717, 1.165) is 17.1 Å². The number of nitrogens with zero attached hydrogens (tertiary/aromatic N) is 3. The van der Waals surface area contributed by atoms with Crippen LogP contribution in [0.5, 0.6) is 0 Å². The van der Waals surface area contributed by atoms with E-state index in [0.29, 0.717) is 16.4 Å². The van der Waals surface area contributed by atoms with Crippen LogP contribution in [0.4, 0.5) is 18.9 Å². The van der Waals surface area contributed by atoms with Crippen LogP contribution in [0.2, 0.25) is 0 Å². The fraction of sp³-hybridized carbons (Fsp3) is 0.333. The van der Waals surface area contributed by atoms with Crippen LogP contribution in [0.3, 0.4) is 0 Å². The maximum atomic E-state index is 12.7. The predicted molar refractivity (Wildman–Crippen MR) is 107 cm³/mol. The van der Waals surface area contributed by atoms with Crippen LogP contribution >= 0.6 is 23.1 Å². The highest BCUT2D eigenvalue weighted by Crippen LogP contribution is 2.30. The van der Waals surface area contributed by atoms with Crippen molar-refractivity contribution < 1.29 is 18.0 Å². The minimum absolute atomic E-state index is 0.0111. The zero-order chi connectivity index (χ0) is 21.2. The monoisotopic (exact) mass is 442 g/mol.